The Morgan fingerprint density at radius 1 is 1.21 bits per heavy atom. The van der Waals surface area contributed by atoms with Crippen LogP contribution in [0.4, 0.5) is 17.6 Å². The molecule has 1 atom stereocenters. The van der Waals surface area contributed by atoms with Crippen LogP contribution in [0.3, 0.4) is 0 Å². The molecule has 4 aromatic rings. The van der Waals surface area contributed by atoms with Gasteiger partial charge in [-0.1, -0.05) is 11.6 Å². The average molecular weight is 495 g/mol. The summed E-state index contributed by atoms with van der Waals surface area (Å²) in [6, 6.07) is 5.17. The summed E-state index contributed by atoms with van der Waals surface area (Å²) in [7, 11) is 1.48. The first-order chi connectivity index (χ1) is 16.2. The molecule has 0 aliphatic carbocycles. The summed E-state index contributed by atoms with van der Waals surface area (Å²) in [5.41, 5.74) is 0.419. The summed E-state index contributed by atoms with van der Waals surface area (Å²) >= 11 is 5.94. The Bertz CT molecular complexity index is 1530. The van der Waals surface area contributed by atoms with Gasteiger partial charge in [0.15, 0.2) is 11.6 Å². The van der Waals surface area contributed by atoms with E-state index in [2.05, 4.69) is 10.1 Å². The molecule has 0 radical (unpaired) electrons. The molecule has 34 heavy (non-hydrogen) atoms. The van der Waals surface area contributed by atoms with Gasteiger partial charge in [-0.05, 0) is 35.7 Å². The van der Waals surface area contributed by atoms with Crippen molar-refractivity contribution in [3.63, 3.8) is 0 Å². The fourth-order valence-corrected chi connectivity index (χ4v) is 4.50. The Morgan fingerprint density at radius 3 is 2.62 bits per heavy atom. The number of pyridine rings is 1. The number of carbonyl (C=O) groups excluding carboxylic acids is 1. The molecule has 0 spiro atoms. The van der Waals surface area contributed by atoms with E-state index in [1.165, 1.54) is 30.1 Å². The Hall–Kier alpha value is -3.44. The molecule has 0 bridgehead atoms. The van der Waals surface area contributed by atoms with Crippen molar-refractivity contribution < 1.29 is 27.1 Å². The number of nitrogens with one attached hydrogen (secondary N) is 1. The number of hydrogen-bond acceptors (Lipinski definition) is 4. The van der Waals surface area contributed by atoms with Crippen molar-refractivity contribution >= 4 is 39.2 Å². The van der Waals surface area contributed by atoms with E-state index in [4.69, 9.17) is 16.3 Å². The van der Waals surface area contributed by atoms with E-state index in [0.717, 1.165) is 12.1 Å². The van der Waals surface area contributed by atoms with Crippen molar-refractivity contribution in [3.05, 3.63) is 74.3 Å². The third-order valence-electron chi connectivity index (χ3n) is 5.90. The van der Waals surface area contributed by atoms with Crippen LogP contribution in [-0.2, 0) is 11.3 Å². The van der Waals surface area contributed by atoms with Crippen LogP contribution in [0.25, 0.3) is 21.7 Å². The van der Waals surface area contributed by atoms with Gasteiger partial charge in [-0.3, -0.25) is 9.59 Å². The van der Waals surface area contributed by atoms with Gasteiger partial charge < -0.3 is 14.6 Å². The highest BCUT2D eigenvalue weighted by Gasteiger charge is 2.32. The number of aromatic nitrogens is 3. The second-order valence-electron chi connectivity index (χ2n) is 7.85. The standard InChI is InChI=1S/C22H15ClF4N4O3/c1-30(21(33)9-2-3-10-15(4-9)29-31(19(10)23)22(26)27)17-8-34-7-16-18(17)11-5-13(24)14(25)6-12(11)20(32)28-16/h2-6,17,22H,7-8H2,1H3,(H,28,32)/t17-/m0/s1. The van der Waals surface area contributed by atoms with Gasteiger partial charge in [0, 0.05) is 29.3 Å². The fourth-order valence-electron chi connectivity index (χ4n) is 4.23. The Kier molecular flexibility index (Phi) is 5.33. The van der Waals surface area contributed by atoms with Crippen LogP contribution >= 0.6 is 11.6 Å². The highest BCUT2D eigenvalue weighted by molar-refractivity contribution is 6.34. The molecule has 1 N–H and O–H groups in total. The topological polar surface area (TPSA) is 80.2 Å². The molecule has 2 aromatic heterocycles. The van der Waals surface area contributed by atoms with Crippen LogP contribution in [0, 0.1) is 11.6 Å². The molecule has 0 saturated carbocycles. The lowest BCUT2D eigenvalue weighted by Gasteiger charge is -2.34. The summed E-state index contributed by atoms with van der Waals surface area (Å²) in [5, 5.41) is 3.87. The molecule has 1 aliphatic heterocycles. The highest BCUT2D eigenvalue weighted by Crippen LogP contribution is 2.35. The van der Waals surface area contributed by atoms with Gasteiger partial charge in [-0.15, -0.1) is 0 Å². The van der Waals surface area contributed by atoms with Gasteiger partial charge in [0.05, 0.1) is 30.2 Å². The van der Waals surface area contributed by atoms with Crippen LogP contribution in [0.1, 0.15) is 34.2 Å². The van der Waals surface area contributed by atoms with Crippen LogP contribution in [0.15, 0.2) is 35.1 Å². The number of ether oxygens (including phenoxy) is 1. The third kappa shape index (κ3) is 3.43. The lowest BCUT2D eigenvalue weighted by molar-refractivity contribution is 0.0336. The Morgan fingerprint density at radius 2 is 1.91 bits per heavy atom. The van der Waals surface area contributed by atoms with Gasteiger partial charge >= 0.3 is 6.55 Å². The maximum absolute atomic E-state index is 14.1. The van der Waals surface area contributed by atoms with Gasteiger partial charge in [0.1, 0.15) is 5.15 Å². The summed E-state index contributed by atoms with van der Waals surface area (Å²) in [6.45, 7) is -2.89. The van der Waals surface area contributed by atoms with Crippen LogP contribution in [-0.4, -0.2) is 39.2 Å². The van der Waals surface area contributed by atoms with E-state index in [0.29, 0.717) is 15.9 Å². The molecule has 176 valence electrons. The second kappa shape index (κ2) is 8.10. The smallest absolute Gasteiger partial charge is 0.334 e. The number of aromatic amines is 1. The Balaban J connectivity index is 1.58. The van der Waals surface area contributed by atoms with Gasteiger partial charge in [-0.25, -0.2) is 8.78 Å². The van der Waals surface area contributed by atoms with Crippen LogP contribution in [0.2, 0.25) is 5.15 Å². The molecule has 0 saturated heterocycles. The largest absolute Gasteiger partial charge is 0.373 e. The predicted octanol–water partition coefficient (Wildman–Crippen LogP) is 4.55. The minimum atomic E-state index is -2.95. The summed E-state index contributed by atoms with van der Waals surface area (Å²) in [5.74, 6) is -2.80. The zero-order chi connectivity index (χ0) is 24.3. The van der Waals surface area contributed by atoms with Gasteiger partial charge in [-0.2, -0.15) is 18.6 Å². The maximum Gasteiger partial charge on any atom is 0.334 e. The highest BCUT2D eigenvalue weighted by atomic mass is 35.5. The Labute approximate surface area is 193 Å². The van der Waals surface area contributed by atoms with E-state index in [1.807, 2.05) is 0 Å². The maximum atomic E-state index is 14.1. The van der Waals surface area contributed by atoms with Gasteiger partial charge in [0.2, 0.25) is 0 Å². The molecule has 7 nitrogen and oxygen atoms in total. The first kappa shape index (κ1) is 22.4. The molecule has 1 aliphatic rings. The first-order valence-corrected chi connectivity index (χ1v) is 10.4. The lowest BCUT2D eigenvalue weighted by Crippen LogP contribution is -2.37. The number of hydrogen-bond donors (Lipinski definition) is 1. The number of rotatable bonds is 3. The van der Waals surface area contributed by atoms with Crippen LogP contribution in [0.5, 0.6) is 0 Å². The summed E-state index contributed by atoms with van der Waals surface area (Å²) in [6.07, 6.45) is 0. The van der Waals surface area contributed by atoms with Crippen LogP contribution < -0.4 is 5.56 Å². The fraction of sp³-hybridized carbons (Fsp3) is 0.227. The molecule has 2 aromatic carbocycles. The van der Waals surface area contributed by atoms with E-state index in [1.54, 1.807) is 0 Å². The van der Waals surface area contributed by atoms with E-state index in [9.17, 15) is 27.2 Å². The zero-order valence-corrected chi connectivity index (χ0v) is 18.2. The van der Waals surface area contributed by atoms with Crippen molar-refractivity contribution in [2.45, 2.75) is 19.2 Å². The number of benzene rings is 2. The molecule has 0 fully saturated rings. The third-order valence-corrected chi connectivity index (χ3v) is 6.27. The number of nitrogens with zero attached hydrogens (tertiary/aromatic N) is 3. The van der Waals surface area contributed by atoms with E-state index in [-0.39, 0.29) is 45.6 Å². The second-order valence-corrected chi connectivity index (χ2v) is 8.21. The minimum absolute atomic E-state index is 0.0214. The van der Waals surface area contributed by atoms with Crippen molar-refractivity contribution in [2.75, 3.05) is 13.7 Å². The molecular weight excluding hydrogens is 480 g/mol. The molecule has 5 rings (SSSR count). The van der Waals surface area contributed by atoms with Gasteiger partial charge in [0.25, 0.3) is 11.5 Å². The van der Waals surface area contributed by atoms with E-state index >= 15 is 0 Å². The number of likely N-dealkylation sites (N-methyl/N-ethyl adjacent to an activating group) is 1. The first-order valence-electron chi connectivity index (χ1n) is 10.0. The average Bonchev–Trinajstić information content (AvgIpc) is 3.15. The number of carbonyl (C=O) groups is 1. The normalized spacial score (nSPS) is 15.8. The zero-order valence-electron chi connectivity index (χ0n) is 17.4. The quantitative estimate of drug-likeness (QED) is 0.424. The number of H-pyrrole nitrogens is 1. The number of amides is 1. The molecular formula is C22H15ClF4N4O3. The van der Waals surface area contributed by atoms with Crippen molar-refractivity contribution in [2.24, 2.45) is 0 Å². The molecule has 12 heteroatoms. The number of halogens is 5. The summed E-state index contributed by atoms with van der Waals surface area (Å²) in [4.78, 5) is 29.6. The number of alkyl halides is 2. The molecule has 0 unspecified atom stereocenters. The summed E-state index contributed by atoms with van der Waals surface area (Å²) < 4.78 is 60.0. The van der Waals surface area contributed by atoms with Crippen molar-refractivity contribution in [1.29, 1.82) is 0 Å². The van der Waals surface area contributed by atoms with Crippen molar-refractivity contribution in [3.8, 4) is 0 Å². The van der Waals surface area contributed by atoms with Crippen molar-refractivity contribution in [1.82, 2.24) is 19.7 Å². The SMILES string of the molecule is CN(C(=O)c1ccc2c(Cl)n(C(F)F)nc2c1)[C@H]1COCc2[nH]c(=O)c3cc(F)c(F)cc3c21. The molecule has 3 heterocycles. The lowest BCUT2D eigenvalue weighted by atomic mass is 9.95. The molecule has 1 amide bonds. The minimum Gasteiger partial charge on any atom is -0.373 e. The monoisotopic (exact) mass is 494 g/mol. The van der Waals surface area contributed by atoms with E-state index < -0.39 is 35.7 Å². The predicted molar refractivity (Wildman–Crippen MR) is 115 cm³/mol. The number of fused-ring (bicyclic) bond motifs is 4.